The van der Waals surface area contributed by atoms with Crippen molar-refractivity contribution in [3.63, 3.8) is 0 Å². The van der Waals surface area contributed by atoms with E-state index in [2.05, 4.69) is 64.1 Å². The Morgan fingerprint density at radius 1 is 1.20 bits per heavy atom. The first kappa shape index (κ1) is 14.5. The van der Waals surface area contributed by atoms with Crippen molar-refractivity contribution in [1.29, 1.82) is 0 Å². The molecule has 0 bridgehead atoms. The van der Waals surface area contributed by atoms with Gasteiger partial charge in [0.2, 0.25) is 0 Å². The monoisotopic (exact) mass is 266 g/mol. The molecule has 0 saturated heterocycles. The molecular formula is C19H22O. The van der Waals surface area contributed by atoms with Crippen LogP contribution in [0.15, 0.2) is 48.0 Å². The van der Waals surface area contributed by atoms with Crippen LogP contribution in [-0.2, 0) is 10.2 Å². The summed E-state index contributed by atoms with van der Waals surface area (Å²) in [7, 11) is 0. The molecule has 0 radical (unpaired) electrons. The molecule has 1 nitrogen and oxygen atoms in total. The van der Waals surface area contributed by atoms with Gasteiger partial charge in [-0.2, -0.15) is 0 Å². The van der Waals surface area contributed by atoms with Crippen molar-refractivity contribution >= 4 is 17.1 Å². The summed E-state index contributed by atoms with van der Waals surface area (Å²) in [5.41, 5.74) is 3.64. The minimum atomic E-state index is -0.105. The van der Waals surface area contributed by atoms with E-state index in [1.54, 1.807) is 6.08 Å². The molecule has 0 spiro atoms. The van der Waals surface area contributed by atoms with E-state index in [0.29, 0.717) is 0 Å². The lowest BCUT2D eigenvalue weighted by molar-refractivity contribution is -0.104. The second-order valence-electron chi connectivity index (χ2n) is 5.65. The maximum absolute atomic E-state index is 10.9. The third-order valence-electron chi connectivity index (χ3n) is 4.58. The molecule has 1 unspecified atom stereocenters. The first-order chi connectivity index (χ1) is 9.54. The maximum Gasteiger partial charge on any atom is 0.142 e. The van der Waals surface area contributed by atoms with Crippen molar-refractivity contribution in [2.24, 2.45) is 0 Å². The molecule has 1 atom stereocenters. The fourth-order valence-electron chi connectivity index (χ4n) is 3.05. The van der Waals surface area contributed by atoms with Crippen molar-refractivity contribution in [2.45, 2.75) is 39.5 Å². The Hall–Kier alpha value is -1.89. The second kappa shape index (κ2) is 5.62. The SMILES string of the molecule is CCC(C)(/C(C)=C/C=O)c1c(C)ccc2ccccc12. The smallest absolute Gasteiger partial charge is 0.142 e. The summed E-state index contributed by atoms with van der Waals surface area (Å²) in [5, 5.41) is 2.54. The normalized spacial score (nSPS) is 15.1. The lowest BCUT2D eigenvalue weighted by Gasteiger charge is -2.33. The van der Waals surface area contributed by atoms with Crippen molar-refractivity contribution < 1.29 is 4.79 Å². The van der Waals surface area contributed by atoms with Crippen LogP contribution in [0.25, 0.3) is 10.8 Å². The Kier molecular flexibility index (Phi) is 4.08. The van der Waals surface area contributed by atoms with E-state index in [-0.39, 0.29) is 5.41 Å². The van der Waals surface area contributed by atoms with Gasteiger partial charge in [0.05, 0.1) is 0 Å². The predicted molar refractivity (Wildman–Crippen MR) is 86.1 cm³/mol. The van der Waals surface area contributed by atoms with Crippen LogP contribution in [0, 0.1) is 6.92 Å². The molecule has 0 fully saturated rings. The van der Waals surface area contributed by atoms with Crippen molar-refractivity contribution in [3.05, 3.63) is 59.2 Å². The number of allylic oxidation sites excluding steroid dienone is 2. The van der Waals surface area contributed by atoms with Gasteiger partial charge in [-0.05, 0) is 48.2 Å². The van der Waals surface area contributed by atoms with Gasteiger partial charge in [-0.25, -0.2) is 0 Å². The van der Waals surface area contributed by atoms with Crippen molar-refractivity contribution in [3.8, 4) is 0 Å². The van der Waals surface area contributed by atoms with E-state index >= 15 is 0 Å². The third-order valence-corrected chi connectivity index (χ3v) is 4.58. The number of hydrogen-bond acceptors (Lipinski definition) is 1. The Morgan fingerprint density at radius 2 is 1.90 bits per heavy atom. The molecule has 0 amide bonds. The minimum Gasteiger partial charge on any atom is -0.299 e. The van der Waals surface area contributed by atoms with Crippen molar-refractivity contribution in [1.82, 2.24) is 0 Å². The second-order valence-corrected chi connectivity index (χ2v) is 5.65. The molecule has 0 aliphatic carbocycles. The Labute approximate surface area is 121 Å². The van der Waals surface area contributed by atoms with E-state index in [9.17, 15) is 4.79 Å². The molecule has 0 heterocycles. The topological polar surface area (TPSA) is 17.1 Å². The van der Waals surface area contributed by atoms with Crippen LogP contribution in [0.2, 0.25) is 0 Å². The fraction of sp³-hybridized carbons (Fsp3) is 0.316. The van der Waals surface area contributed by atoms with Crippen LogP contribution < -0.4 is 0 Å². The molecule has 104 valence electrons. The highest BCUT2D eigenvalue weighted by Crippen LogP contribution is 2.40. The average Bonchev–Trinajstić information content (AvgIpc) is 2.46. The summed E-state index contributed by atoms with van der Waals surface area (Å²) >= 11 is 0. The van der Waals surface area contributed by atoms with Crippen LogP contribution in [0.5, 0.6) is 0 Å². The lowest BCUT2D eigenvalue weighted by Crippen LogP contribution is -2.24. The van der Waals surface area contributed by atoms with Gasteiger partial charge in [0.15, 0.2) is 0 Å². The highest BCUT2D eigenvalue weighted by Gasteiger charge is 2.29. The van der Waals surface area contributed by atoms with Crippen LogP contribution >= 0.6 is 0 Å². The number of aryl methyl sites for hydroxylation is 1. The molecule has 0 aliphatic rings. The van der Waals surface area contributed by atoms with Crippen LogP contribution in [-0.4, -0.2) is 6.29 Å². The Morgan fingerprint density at radius 3 is 2.55 bits per heavy atom. The van der Waals surface area contributed by atoms with E-state index in [1.807, 2.05) is 0 Å². The molecular weight excluding hydrogens is 244 g/mol. The average molecular weight is 266 g/mol. The Bertz CT molecular complexity index is 667. The van der Waals surface area contributed by atoms with Crippen molar-refractivity contribution in [2.75, 3.05) is 0 Å². The van der Waals surface area contributed by atoms with Gasteiger partial charge < -0.3 is 0 Å². The van der Waals surface area contributed by atoms with Gasteiger partial charge in [-0.3, -0.25) is 4.79 Å². The lowest BCUT2D eigenvalue weighted by atomic mass is 9.71. The first-order valence-corrected chi connectivity index (χ1v) is 7.16. The zero-order chi connectivity index (χ0) is 14.8. The summed E-state index contributed by atoms with van der Waals surface area (Å²) in [5.74, 6) is 0. The van der Waals surface area contributed by atoms with Crippen LogP contribution in [0.3, 0.4) is 0 Å². The number of carbonyl (C=O) groups is 1. The van der Waals surface area contributed by atoms with E-state index in [4.69, 9.17) is 0 Å². The van der Waals surface area contributed by atoms with Gasteiger partial charge in [0, 0.05) is 5.41 Å². The van der Waals surface area contributed by atoms with Gasteiger partial charge >= 0.3 is 0 Å². The quantitative estimate of drug-likeness (QED) is 0.564. The van der Waals surface area contributed by atoms with E-state index in [0.717, 1.165) is 18.3 Å². The van der Waals surface area contributed by atoms with Crippen LogP contribution in [0.4, 0.5) is 0 Å². The van der Waals surface area contributed by atoms with Gasteiger partial charge in [-0.15, -0.1) is 0 Å². The molecule has 2 rings (SSSR count). The number of fused-ring (bicyclic) bond motifs is 1. The standard InChI is InChI=1S/C19H22O/c1-5-19(4,15(3)12-13-20)18-14(2)10-11-16-8-6-7-9-17(16)18/h6-13H,5H2,1-4H3/b15-12+. The molecule has 1 heteroatoms. The maximum atomic E-state index is 10.9. The zero-order valence-electron chi connectivity index (χ0n) is 12.7. The van der Waals surface area contributed by atoms with Gasteiger partial charge in [0.1, 0.15) is 6.29 Å². The summed E-state index contributed by atoms with van der Waals surface area (Å²) < 4.78 is 0. The summed E-state index contributed by atoms with van der Waals surface area (Å²) in [6.45, 7) is 8.63. The Balaban J connectivity index is 2.81. The highest BCUT2D eigenvalue weighted by atomic mass is 16.1. The first-order valence-electron chi connectivity index (χ1n) is 7.16. The fourth-order valence-corrected chi connectivity index (χ4v) is 3.05. The van der Waals surface area contributed by atoms with Crippen LogP contribution in [0.1, 0.15) is 38.3 Å². The summed E-state index contributed by atoms with van der Waals surface area (Å²) in [6, 6.07) is 12.8. The number of carbonyl (C=O) groups excluding carboxylic acids is 1. The summed E-state index contributed by atoms with van der Waals surface area (Å²) in [4.78, 5) is 10.9. The molecule has 2 aromatic carbocycles. The molecule has 0 aromatic heterocycles. The summed E-state index contributed by atoms with van der Waals surface area (Å²) in [6.07, 6.45) is 3.56. The van der Waals surface area contributed by atoms with Gasteiger partial charge in [-0.1, -0.05) is 55.8 Å². The highest BCUT2D eigenvalue weighted by molar-refractivity contribution is 5.88. The predicted octanol–water partition coefficient (Wildman–Crippen LogP) is 4.96. The molecule has 0 N–H and O–H groups in total. The number of benzene rings is 2. The number of aldehydes is 1. The number of hydrogen-bond donors (Lipinski definition) is 0. The van der Waals surface area contributed by atoms with E-state index in [1.165, 1.54) is 21.9 Å². The van der Waals surface area contributed by atoms with E-state index < -0.39 is 0 Å². The van der Waals surface area contributed by atoms with Gasteiger partial charge in [0.25, 0.3) is 0 Å². The molecule has 0 saturated carbocycles. The third kappa shape index (κ3) is 2.29. The molecule has 2 aromatic rings. The molecule has 0 aliphatic heterocycles. The zero-order valence-corrected chi connectivity index (χ0v) is 12.7. The largest absolute Gasteiger partial charge is 0.299 e. The number of rotatable bonds is 4. The molecule has 20 heavy (non-hydrogen) atoms. The minimum absolute atomic E-state index is 0.105.